The average molecular weight is 289 g/mol. The molecule has 6 heteroatoms. The van der Waals surface area contributed by atoms with E-state index in [0.29, 0.717) is 4.88 Å². The largest absolute Gasteiger partial charge is 0.348 e. The number of hydrogen-bond donors (Lipinski definition) is 2. The fraction of sp³-hybridized carbons (Fsp3) is 0.214. The van der Waals surface area contributed by atoms with Crippen molar-refractivity contribution in [1.82, 2.24) is 15.6 Å². The van der Waals surface area contributed by atoms with Gasteiger partial charge in [0.15, 0.2) is 0 Å². The summed E-state index contributed by atoms with van der Waals surface area (Å²) >= 11 is 1.34. The Hall–Kier alpha value is -2.21. The Morgan fingerprint density at radius 1 is 1.30 bits per heavy atom. The molecule has 0 radical (unpaired) electrons. The van der Waals surface area contributed by atoms with Crippen LogP contribution in [0.5, 0.6) is 0 Å². The van der Waals surface area contributed by atoms with Gasteiger partial charge in [-0.3, -0.25) is 14.6 Å². The summed E-state index contributed by atoms with van der Waals surface area (Å²) in [6, 6.07) is 7.08. The van der Waals surface area contributed by atoms with Crippen LogP contribution in [-0.4, -0.2) is 23.3 Å². The minimum Gasteiger partial charge on any atom is -0.348 e. The second-order valence-corrected chi connectivity index (χ2v) is 5.18. The molecule has 2 amide bonds. The summed E-state index contributed by atoms with van der Waals surface area (Å²) in [5.41, 5.74) is 0.970. The topological polar surface area (TPSA) is 71.1 Å². The lowest BCUT2D eigenvalue weighted by molar-refractivity contribution is -0.120. The van der Waals surface area contributed by atoms with E-state index in [9.17, 15) is 9.59 Å². The zero-order chi connectivity index (χ0) is 14.4. The smallest absolute Gasteiger partial charge is 0.261 e. The van der Waals surface area contributed by atoms with Gasteiger partial charge in [-0.05, 0) is 36.1 Å². The summed E-state index contributed by atoms with van der Waals surface area (Å²) in [6.07, 6.45) is 3.35. The Kier molecular flexibility index (Phi) is 4.84. The zero-order valence-corrected chi connectivity index (χ0v) is 11.8. The molecule has 0 aliphatic rings. The molecule has 20 heavy (non-hydrogen) atoms. The van der Waals surface area contributed by atoms with Gasteiger partial charge >= 0.3 is 0 Å². The number of carbonyl (C=O) groups excluding carboxylic acids is 2. The van der Waals surface area contributed by atoms with Crippen molar-refractivity contribution >= 4 is 23.2 Å². The van der Waals surface area contributed by atoms with Crippen molar-refractivity contribution < 1.29 is 9.59 Å². The molecule has 5 nitrogen and oxygen atoms in total. The van der Waals surface area contributed by atoms with Crippen LogP contribution in [0.2, 0.25) is 0 Å². The summed E-state index contributed by atoms with van der Waals surface area (Å²) in [7, 11) is 0. The number of hydrogen-bond acceptors (Lipinski definition) is 4. The van der Waals surface area contributed by atoms with Gasteiger partial charge in [-0.15, -0.1) is 11.3 Å². The third-order valence-electron chi connectivity index (χ3n) is 2.74. The van der Waals surface area contributed by atoms with Gasteiger partial charge in [0.2, 0.25) is 5.91 Å². The van der Waals surface area contributed by atoms with Crippen LogP contribution in [0.3, 0.4) is 0 Å². The maximum absolute atomic E-state index is 11.8. The van der Waals surface area contributed by atoms with Crippen molar-refractivity contribution in [3.8, 4) is 0 Å². The van der Waals surface area contributed by atoms with E-state index >= 15 is 0 Å². The molecule has 0 bridgehead atoms. The lowest BCUT2D eigenvalue weighted by Gasteiger charge is -2.14. The molecular weight excluding hydrogens is 274 g/mol. The molecule has 104 valence electrons. The monoisotopic (exact) mass is 289 g/mol. The lowest BCUT2D eigenvalue weighted by atomic mass is 10.1. The van der Waals surface area contributed by atoms with Crippen molar-refractivity contribution in [3.05, 3.63) is 52.5 Å². The molecule has 2 heterocycles. The van der Waals surface area contributed by atoms with E-state index in [1.807, 2.05) is 24.4 Å². The van der Waals surface area contributed by atoms with Crippen LogP contribution in [0, 0.1) is 0 Å². The van der Waals surface area contributed by atoms with Crippen molar-refractivity contribution in [1.29, 1.82) is 0 Å². The Morgan fingerprint density at radius 2 is 2.05 bits per heavy atom. The Morgan fingerprint density at radius 3 is 2.70 bits per heavy atom. The highest BCUT2D eigenvalue weighted by Crippen LogP contribution is 2.10. The van der Waals surface area contributed by atoms with E-state index in [1.165, 1.54) is 11.3 Å². The molecule has 0 aliphatic carbocycles. The maximum atomic E-state index is 11.8. The second-order valence-electron chi connectivity index (χ2n) is 4.23. The van der Waals surface area contributed by atoms with E-state index in [1.54, 1.807) is 24.5 Å². The summed E-state index contributed by atoms with van der Waals surface area (Å²) in [5, 5.41) is 7.23. The predicted molar refractivity (Wildman–Crippen MR) is 77.4 cm³/mol. The zero-order valence-electron chi connectivity index (χ0n) is 11.0. The van der Waals surface area contributed by atoms with Crippen LogP contribution >= 0.6 is 11.3 Å². The highest BCUT2D eigenvalue weighted by atomic mass is 32.1. The summed E-state index contributed by atoms with van der Waals surface area (Å²) in [6.45, 7) is 1.85. The van der Waals surface area contributed by atoms with Crippen LogP contribution in [-0.2, 0) is 4.79 Å². The molecule has 1 atom stereocenters. The highest BCUT2D eigenvalue weighted by molar-refractivity contribution is 7.12. The average Bonchev–Trinajstić information content (AvgIpc) is 3.00. The molecule has 2 aromatic rings. The van der Waals surface area contributed by atoms with Crippen LogP contribution in [0.1, 0.15) is 28.2 Å². The van der Waals surface area contributed by atoms with E-state index in [4.69, 9.17) is 0 Å². The molecule has 0 unspecified atom stereocenters. The normalized spacial score (nSPS) is 11.7. The minimum atomic E-state index is -0.230. The Balaban J connectivity index is 1.80. The van der Waals surface area contributed by atoms with Crippen molar-refractivity contribution in [2.75, 3.05) is 6.54 Å². The van der Waals surface area contributed by atoms with Crippen LogP contribution < -0.4 is 10.6 Å². The Bertz CT molecular complexity index is 569. The van der Waals surface area contributed by atoms with Gasteiger partial charge < -0.3 is 10.6 Å². The maximum Gasteiger partial charge on any atom is 0.261 e. The number of nitrogens with zero attached hydrogens (tertiary/aromatic N) is 1. The third kappa shape index (κ3) is 3.89. The molecule has 2 rings (SSSR count). The molecule has 0 aromatic carbocycles. The SMILES string of the molecule is C[C@@H](NC(=O)CNC(=O)c1cccs1)c1ccncc1. The highest BCUT2D eigenvalue weighted by Gasteiger charge is 2.11. The Labute approximate surface area is 121 Å². The van der Waals surface area contributed by atoms with Gasteiger partial charge in [-0.25, -0.2) is 0 Å². The quantitative estimate of drug-likeness (QED) is 0.881. The number of aromatic nitrogens is 1. The number of carbonyl (C=O) groups is 2. The minimum absolute atomic E-state index is 0.0356. The van der Waals surface area contributed by atoms with Crippen LogP contribution in [0.4, 0.5) is 0 Å². The molecule has 0 fully saturated rings. The van der Waals surface area contributed by atoms with Crippen LogP contribution in [0.15, 0.2) is 42.0 Å². The number of rotatable bonds is 5. The van der Waals surface area contributed by atoms with Crippen molar-refractivity contribution in [3.63, 3.8) is 0 Å². The summed E-state index contributed by atoms with van der Waals surface area (Å²) in [4.78, 5) is 28.0. The summed E-state index contributed by atoms with van der Waals surface area (Å²) < 4.78 is 0. The third-order valence-corrected chi connectivity index (χ3v) is 3.61. The number of thiophene rings is 1. The van der Waals surface area contributed by atoms with Crippen LogP contribution in [0.25, 0.3) is 0 Å². The summed E-state index contributed by atoms with van der Waals surface area (Å²) in [5.74, 6) is -0.453. The lowest BCUT2D eigenvalue weighted by Crippen LogP contribution is -2.37. The van der Waals surface area contributed by atoms with E-state index in [2.05, 4.69) is 15.6 Å². The number of pyridine rings is 1. The number of nitrogens with one attached hydrogen (secondary N) is 2. The molecule has 0 saturated carbocycles. The fourth-order valence-corrected chi connectivity index (χ4v) is 2.32. The molecule has 2 aromatic heterocycles. The molecule has 0 spiro atoms. The molecular formula is C14H15N3O2S. The first-order chi connectivity index (χ1) is 9.66. The van der Waals surface area contributed by atoms with Gasteiger partial charge in [0.1, 0.15) is 0 Å². The molecule has 0 aliphatic heterocycles. The van der Waals surface area contributed by atoms with Gasteiger partial charge in [0.25, 0.3) is 5.91 Å². The first kappa shape index (κ1) is 14.2. The second kappa shape index (κ2) is 6.81. The van der Waals surface area contributed by atoms with Gasteiger partial charge in [0, 0.05) is 12.4 Å². The number of amides is 2. The first-order valence-corrected chi connectivity index (χ1v) is 7.06. The molecule has 2 N–H and O–H groups in total. The predicted octanol–water partition coefficient (Wildman–Crippen LogP) is 1.75. The van der Waals surface area contributed by atoms with Gasteiger partial charge in [-0.2, -0.15) is 0 Å². The molecule has 0 saturated heterocycles. The fourth-order valence-electron chi connectivity index (χ4n) is 1.68. The van der Waals surface area contributed by atoms with Crippen molar-refractivity contribution in [2.45, 2.75) is 13.0 Å². The van der Waals surface area contributed by atoms with E-state index in [-0.39, 0.29) is 24.4 Å². The van der Waals surface area contributed by atoms with Crippen molar-refractivity contribution in [2.24, 2.45) is 0 Å². The first-order valence-electron chi connectivity index (χ1n) is 6.18. The van der Waals surface area contributed by atoms with Gasteiger partial charge in [0.05, 0.1) is 17.5 Å². The van der Waals surface area contributed by atoms with E-state index < -0.39 is 0 Å². The standard InChI is InChI=1S/C14H15N3O2S/c1-10(11-4-6-15-7-5-11)17-13(18)9-16-14(19)12-3-2-8-20-12/h2-8,10H,9H2,1H3,(H,16,19)(H,17,18)/t10-/m1/s1. The van der Waals surface area contributed by atoms with Gasteiger partial charge in [-0.1, -0.05) is 6.07 Å². The van der Waals surface area contributed by atoms with E-state index in [0.717, 1.165) is 5.56 Å².